The van der Waals surface area contributed by atoms with Crippen LogP contribution in [0.25, 0.3) is 0 Å². The molecule has 0 saturated carbocycles. The fourth-order valence-corrected chi connectivity index (χ4v) is 2.75. The van der Waals surface area contributed by atoms with Gasteiger partial charge in [0.25, 0.3) is 0 Å². The predicted octanol–water partition coefficient (Wildman–Crippen LogP) is 3.01. The molecule has 1 N–H and O–H groups in total. The van der Waals surface area contributed by atoms with E-state index < -0.39 is 17.8 Å². The molecule has 2 atom stereocenters. The number of carboxylic acid groups (broad SMARTS) is 1. The molecule has 0 aromatic heterocycles. The Kier molecular flexibility index (Phi) is 4.78. The van der Waals surface area contributed by atoms with Crippen molar-refractivity contribution < 1.29 is 14.7 Å². The average Bonchev–Trinajstić information content (AvgIpc) is 2.49. The molecule has 0 heterocycles. The van der Waals surface area contributed by atoms with Gasteiger partial charge in [0.05, 0.1) is 11.8 Å². The van der Waals surface area contributed by atoms with E-state index in [1.165, 1.54) is 0 Å². The minimum absolute atomic E-state index is 0.0990. The summed E-state index contributed by atoms with van der Waals surface area (Å²) in [6.07, 6.45) is 4.69. The highest BCUT2D eigenvalue weighted by Gasteiger charge is 2.36. The fourth-order valence-electron chi connectivity index (χ4n) is 2.75. The van der Waals surface area contributed by atoms with Crippen molar-refractivity contribution in [3.05, 3.63) is 42.0 Å². The Morgan fingerprint density at radius 1 is 1.14 bits per heavy atom. The van der Waals surface area contributed by atoms with Gasteiger partial charge in [-0.25, -0.2) is 0 Å². The van der Waals surface area contributed by atoms with Crippen LogP contribution >= 0.6 is 0 Å². The Hall–Kier alpha value is -2.10. The molecule has 1 aliphatic carbocycles. The number of carbonyl (C=O) groups excluding carboxylic acids is 1. The molecular formula is C17H21NO3. The first kappa shape index (κ1) is 15.3. The third-order valence-electron chi connectivity index (χ3n) is 3.99. The van der Waals surface area contributed by atoms with Crippen LogP contribution in [0.2, 0.25) is 0 Å². The Bertz CT molecular complexity index is 548. The molecule has 2 rings (SSSR count). The second kappa shape index (κ2) is 6.57. The summed E-state index contributed by atoms with van der Waals surface area (Å²) in [6, 6.07) is 7.73. The average molecular weight is 287 g/mol. The van der Waals surface area contributed by atoms with Crippen molar-refractivity contribution in [2.75, 3.05) is 11.4 Å². The van der Waals surface area contributed by atoms with Gasteiger partial charge in [0.2, 0.25) is 5.91 Å². The summed E-state index contributed by atoms with van der Waals surface area (Å²) in [4.78, 5) is 25.8. The van der Waals surface area contributed by atoms with Crippen LogP contribution in [0.1, 0.15) is 25.3 Å². The van der Waals surface area contributed by atoms with Gasteiger partial charge in [-0.05, 0) is 38.8 Å². The number of hydrogen-bond acceptors (Lipinski definition) is 2. The van der Waals surface area contributed by atoms with Crippen LogP contribution in [0.3, 0.4) is 0 Å². The lowest BCUT2D eigenvalue weighted by Crippen LogP contribution is -2.41. The van der Waals surface area contributed by atoms with Crippen LogP contribution in [0, 0.1) is 18.8 Å². The first-order valence-corrected chi connectivity index (χ1v) is 7.30. The summed E-state index contributed by atoms with van der Waals surface area (Å²) < 4.78 is 0. The van der Waals surface area contributed by atoms with Gasteiger partial charge >= 0.3 is 5.97 Å². The predicted molar refractivity (Wildman–Crippen MR) is 82.2 cm³/mol. The van der Waals surface area contributed by atoms with Crippen LogP contribution < -0.4 is 4.90 Å². The van der Waals surface area contributed by atoms with E-state index in [1.807, 2.05) is 50.3 Å². The minimum Gasteiger partial charge on any atom is -0.481 e. The maximum atomic E-state index is 12.8. The second-order valence-electron chi connectivity index (χ2n) is 5.41. The monoisotopic (exact) mass is 287 g/mol. The summed E-state index contributed by atoms with van der Waals surface area (Å²) in [7, 11) is 0. The molecule has 0 bridgehead atoms. The molecule has 0 radical (unpaired) electrons. The van der Waals surface area contributed by atoms with Crippen LogP contribution in [0.5, 0.6) is 0 Å². The van der Waals surface area contributed by atoms with Crippen molar-refractivity contribution in [3.63, 3.8) is 0 Å². The summed E-state index contributed by atoms with van der Waals surface area (Å²) in [5, 5.41) is 9.31. The van der Waals surface area contributed by atoms with Gasteiger partial charge in [-0.2, -0.15) is 0 Å². The SMILES string of the molecule is CCN(C(=O)C1CC=CCC1C(=O)O)c1ccc(C)cc1. The number of amides is 1. The Morgan fingerprint density at radius 2 is 1.71 bits per heavy atom. The van der Waals surface area contributed by atoms with Crippen molar-refractivity contribution in [2.45, 2.75) is 26.7 Å². The molecule has 2 unspecified atom stereocenters. The Morgan fingerprint density at radius 3 is 2.24 bits per heavy atom. The van der Waals surface area contributed by atoms with Gasteiger partial charge in [-0.1, -0.05) is 29.8 Å². The lowest BCUT2D eigenvalue weighted by molar-refractivity contribution is -0.146. The van der Waals surface area contributed by atoms with E-state index in [4.69, 9.17) is 0 Å². The minimum atomic E-state index is -0.891. The molecule has 112 valence electrons. The number of carboxylic acids is 1. The summed E-state index contributed by atoms with van der Waals surface area (Å²) >= 11 is 0. The van der Waals surface area contributed by atoms with E-state index in [9.17, 15) is 14.7 Å². The van der Waals surface area contributed by atoms with E-state index in [1.54, 1.807) is 4.90 Å². The molecule has 1 amide bonds. The first-order chi connectivity index (χ1) is 10.0. The molecular weight excluding hydrogens is 266 g/mol. The fraction of sp³-hybridized carbons (Fsp3) is 0.412. The molecule has 0 spiro atoms. The third kappa shape index (κ3) is 3.32. The second-order valence-corrected chi connectivity index (χ2v) is 5.41. The molecule has 4 nitrogen and oxygen atoms in total. The standard InChI is InChI=1S/C17H21NO3/c1-3-18(13-10-8-12(2)9-11-13)16(19)14-6-4-5-7-15(14)17(20)21/h4-5,8-11,14-15H,3,6-7H2,1-2H3,(H,20,21). The first-order valence-electron chi connectivity index (χ1n) is 7.30. The number of nitrogens with zero attached hydrogens (tertiary/aromatic N) is 1. The highest BCUT2D eigenvalue weighted by Crippen LogP contribution is 2.29. The molecule has 4 heteroatoms. The quantitative estimate of drug-likeness (QED) is 0.866. The molecule has 21 heavy (non-hydrogen) atoms. The van der Waals surface area contributed by atoms with Crippen LogP contribution in [0.15, 0.2) is 36.4 Å². The number of aryl methyl sites for hydroxylation is 1. The van der Waals surface area contributed by atoms with Gasteiger partial charge in [-0.15, -0.1) is 0 Å². The third-order valence-corrected chi connectivity index (χ3v) is 3.99. The van der Waals surface area contributed by atoms with Crippen LogP contribution in [-0.2, 0) is 9.59 Å². The normalized spacial score (nSPS) is 21.0. The zero-order chi connectivity index (χ0) is 15.4. The molecule has 1 aromatic rings. The van der Waals surface area contributed by atoms with Crippen molar-refractivity contribution in [1.82, 2.24) is 0 Å². The highest BCUT2D eigenvalue weighted by molar-refractivity contribution is 5.97. The van der Waals surface area contributed by atoms with Crippen molar-refractivity contribution in [3.8, 4) is 0 Å². The number of hydrogen-bond donors (Lipinski definition) is 1. The number of allylic oxidation sites excluding steroid dienone is 2. The molecule has 0 saturated heterocycles. The van der Waals surface area contributed by atoms with Crippen molar-refractivity contribution >= 4 is 17.6 Å². The van der Waals surface area contributed by atoms with Crippen LogP contribution in [-0.4, -0.2) is 23.5 Å². The topological polar surface area (TPSA) is 57.6 Å². The Labute approximate surface area is 125 Å². The van der Waals surface area contributed by atoms with Gasteiger partial charge in [0.15, 0.2) is 0 Å². The number of aliphatic carboxylic acids is 1. The summed E-state index contributed by atoms with van der Waals surface area (Å²) in [5.74, 6) is -2.09. The summed E-state index contributed by atoms with van der Waals surface area (Å²) in [5.41, 5.74) is 1.96. The number of anilines is 1. The lowest BCUT2D eigenvalue weighted by atomic mass is 9.82. The van der Waals surface area contributed by atoms with E-state index in [0.717, 1.165) is 11.3 Å². The maximum Gasteiger partial charge on any atom is 0.307 e. The van der Waals surface area contributed by atoms with Crippen molar-refractivity contribution in [1.29, 1.82) is 0 Å². The van der Waals surface area contributed by atoms with E-state index in [0.29, 0.717) is 19.4 Å². The smallest absolute Gasteiger partial charge is 0.307 e. The van der Waals surface area contributed by atoms with Gasteiger partial charge in [0, 0.05) is 12.2 Å². The van der Waals surface area contributed by atoms with Gasteiger partial charge < -0.3 is 10.0 Å². The zero-order valence-corrected chi connectivity index (χ0v) is 12.5. The van der Waals surface area contributed by atoms with E-state index in [-0.39, 0.29) is 5.91 Å². The number of benzene rings is 1. The van der Waals surface area contributed by atoms with Gasteiger partial charge in [0.1, 0.15) is 0 Å². The Balaban J connectivity index is 2.25. The lowest BCUT2D eigenvalue weighted by Gasteiger charge is -2.30. The van der Waals surface area contributed by atoms with Crippen LogP contribution in [0.4, 0.5) is 5.69 Å². The van der Waals surface area contributed by atoms with E-state index >= 15 is 0 Å². The summed E-state index contributed by atoms with van der Waals surface area (Å²) in [6.45, 7) is 4.44. The molecule has 0 fully saturated rings. The molecule has 0 aliphatic heterocycles. The largest absolute Gasteiger partial charge is 0.481 e. The van der Waals surface area contributed by atoms with E-state index in [2.05, 4.69) is 0 Å². The molecule has 1 aliphatic rings. The van der Waals surface area contributed by atoms with Crippen molar-refractivity contribution in [2.24, 2.45) is 11.8 Å². The number of rotatable bonds is 4. The highest BCUT2D eigenvalue weighted by atomic mass is 16.4. The molecule has 1 aromatic carbocycles. The maximum absolute atomic E-state index is 12.8. The zero-order valence-electron chi connectivity index (χ0n) is 12.5. The van der Waals surface area contributed by atoms with Gasteiger partial charge in [-0.3, -0.25) is 9.59 Å². The number of carbonyl (C=O) groups is 2.